The number of amides is 1. The van der Waals surface area contributed by atoms with Crippen LogP contribution in [0, 0.1) is 0 Å². The van der Waals surface area contributed by atoms with Crippen molar-refractivity contribution in [2.45, 2.75) is 26.4 Å². The van der Waals surface area contributed by atoms with Gasteiger partial charge in [0, 0.05) is 17.2 Å². The summed E-state index contributed by atoms with van der Waals surface area (Å²) in [4.78, 5) is 12.1. The zero-order chi connectivity index (χ0) is 17.5. The molecule has 2 rings (SSSR count). The van der Waals surface area contributed by atoms with Gasteiger partial charge in [0.15, 0.2) is 6.10 Å². The number of benzene rings is 2. The molecule has 6 heteroatoms. The van der Waals surface area contributed by atoms with Gasteiger partial charge in [0.05, 0.1) is 5.02 Å². The smallest absolute Gasteiger partial charge is 0.280 e. The highest BCUT2D eigenvalue weighted by atomic mass is 35.5. The van der Waals surface area contributed by atoms with Gasteiger partial charge in [-0.2, -0.15) is 5.10 Å². The summed E-state index contributed by atoms with van der Waals surface area (Å²) in [7, 11) is 0. The van der Waals surface area contributed by atoms with Crippen LogP contribution in [0.3, 0.4) is 0 Å². The third-order valence-electron chi connectivity index (χ3n) is 3.23. The lowest BCUT2D eigenvalue weighted by molar-refractivity contribution is -0.127. The minimum atomic E-state index is -0.739. The van der Waals surface area contributed by atoms with Crippen molar-refractivity contribution < 1.29 is 9.53 Å². The van der Waals surface area contributed by atoms with E-state index in [4.69, 9.17) is 27.9 Å². The van der Waals surface area contributed by atoms with Crippen LogP contribution >= 0.6 is 23.2 Å². The van der Waals surface area contributed by atoms with Crippen molar-refractivity contribution in [1.29, 1.82) is 0 Å². The summed E-state index contributed by atoms with van der Waals surface area (Å²) < 4.78 is 5.54. The number of nitrogens with zero attached hydrogens (tertiary/aromatic N) is 1. The number of rotatable bonds is 6. The van der Waals surface area contributed by atoms with Crippen LogP contribution in [0.2, 0.25) is 10.0 Å². The molecule has 0 radical (unpaired) electrons. The van der Waals surface area contributed by atoms with Crippen LogP contribution in [-0.4, -0.2) is 17.7 Å². The van der Waals surface area contributed by atoms with Crippen molar-refractivity contribution in [2.75, 3.05) is 0 Å². The fourth-order valence-corrected chi connectivity index (χ4v) is 2.44. The van der Waals surface area contributed by atoms with E-state index in [1.165, 1.54) is 0 Å². The third-order valence-corrected chi connectivity index (χ3v) is 3.76. The molecule has 0 aliphatic rings. The summed E-state index contributed by atoms with van der Waals surface area (Å²) in [6.07, 6.45) is -0.0729. The Morgan fingerprint density at radius 2 is 1.92 bits per heavy atom. The quantitative estimate of drug-likeness (QED) is 0.606. The molecule has 1 amide bonds. The van der Waals surface area contributed by atoms with Gasteiger partial charge in [-0.25, -0.2) is 5.43 Å². The minimum absolute atomic E-state index is 0.353. The summed E-state index contributed by atoms with van der Waals surface area (Å²) in [6.45, 7) is 3.48. The van der Waals surface area contributed by atoms with Crippen molar-refractivity contribution in [3.8, 4) is 5.75 Å². The standard InChI is InChI=1S/C18H18Cl2N2O2/c1-12(10-14-6-4-3-5-7-14)21-22-18(23)13(2)24-17-9-8-15(19)11-16(17)20/h3-9,11,13H,10H2,1-2H3,(H,22,23). The molecular formula is C18H18Cl2N2O2. The molecule has 0 fully saturated rings. The largest absolute Gasteiger partial charge is 0.479 e. The molecule has 0 aliphatic heterocycles. The first kappa shape index (κ1) is 18.3. The number of nitrogens with one attached hydrogen (secondary N) is 1. The Morgan fingerprint density at radius 3 is 2.58 bits per heavy atom. The maximum absolute atomic E-state index is 12.1. The molecule has 0 bridgehead atoms. The molecule has 24 heavy (non-hydrogen) atoms. The van der Waals surface area contributed by atoms with Crippen LogP contribution in [0.15, 0.2) is 53.6 Å². The molecule has 4 nitrogen and oxygen atoms in total. The molecule has 1 unspecified atom stereocenters. The number of ether oxygens (including phenoxy) is 1. The number of hydrazone groups is 1. The van der Waals surface area contributed by atoms with Crippen molar-refractivity contribution in [1.82, 2.24) is 5.43 Å². The van der Waals surface area contributed by atoms with Gasteiger partial charge in [-0.1, -0.05) is 53.5 Å². The normalized spacial score (nSPS) is 12.6. The third kappa shape index (κ3) is 5.55. The molecule has 1 atom stereocenters. The van der Waals surface area contributed by atoms with E-state index in [-0.39, 0.29) is 5.91 Å². The van der Waals surface area contributed by atoms with E-state index >= 15 is 0 Å². The first-order chi connectivity index (χ1) is 11.5. The zero-order valence-corrected chi connectivity index (χ0v) is 14.9. The predicted octanol–water partition coefficient (Wildman–Crippen LogP) is 4.50. The molecule has 2 aromatic carbocycles. The van der Waals surface area contributed by atoms with Gasteiger partial charge in [0.2, 0.25) is 0 Å². The van der Waals surface area contributed by atoms with Crippen LogP contribution in [-0.2, 0) is 11.2 Å². The SMILES string of the molecule is CC(Cc1ccccc1)=NNC(=O)C(C)Oc1ccc(Cl)cc1Cl. The molecule has 126 valence electrons. The highest BCUT2D eigenvalue weighted by Crippen LogP contribution is 2.28. The molecular weight excluding hydrogens is 347 g/mol. The van der Waals surface area contributed by atoms with E-state index < -0.39 is 6.10 Å². The summed E-state index contributed by atoms with van der Waals surface area (Å²) in [6, 6.07) is 14.7. The molecule has 0 aliphatic carbocycles. The summed E-state index contributed by atoms with van der Waals surface area (Å²) in [5.41, 5.74) is 4.44. The molecule has 2 aromatic rings. The molecule has 0 saturated heterocycles. The number of hydrogen-bond acceptors (Lipinski definition) is 3. The molecule has 0 heterocycles. The average molecular weight is 365 g/mol. The Morgan fingerprint density at radius 1 is 1.21 bits per heavy atom. The lowest BCUT2D eigenvalue weighted by Gasteiger charge is -2.14. The molecule has 0 aromatic heterocycles. The van der Waals surface area contributed by atoms with Crippen molar-refractivity contribution in [3.05, 3.63) is 64.1 Å². The number of carbonyl (C=O) groups excluding carboxylic acids is 1. The highest BCUT2D eigenvalue weighted by molar-refractivity contribution is 6.35. The van der Waals surface area contributed by atoms with Gasteiger partial charge in [0.25, 0.3) is 5.91 Å². The van der Waals surface area contributed by atoms with Gasteiger partial charge in [-0.15, -0.1) is 0 Å². The van der Waals surface area contributed by atoms with E-state index in [0.717, 1.165) is 11.3 Å². The van der Waals surface area contributed by atoms with Gasteiger partial charge in [-0.3, -0.25) is 4.79 Å². The summed E-state index contributed by atoms with van der Waals surface area (Å²) in [5, 5.41) is 4.96. The van der Waals surface area contributed by atoms with Gasteiger partial charge in [-0.05, 0) is 37.6 Å². The Balaban J connectivity index is 1.90. The second-order valence-corrected chi connectivity index (χ2v) is 6.16. The van der Waals surface area contributed by atoms with Crippen LogP contribution in [0.4, 0.5) is 0 Å². The Kier molecular flexibility index (Phi) is 6.64. The molecule has 0 saturated carbocycles. The zero-order valence-electron chi connectivity index (χ0n) is 13.4. The fourth-order valence-electron chi connectivity index (χ4n) is 1.99. The number of hydrogen-bond donors (Lipinski definition) is 1. The Hall–Kier alpha value is -2.04. The maximum Gasteiger partial charge on any atom is 0.280 e. The lowest BCUT2D eigenvalue weighted by Crippen LogP contribution is -2.34. The van der Waals surface area contributed by atoms with E-state index in [1.54, 1.807) is 25.1 Å². The average Bonchev–Trinajstić information content (AvgIpc) is 2.56. The van der Waals surface area contributed by atoms with Crippen molar-refractivity contribution >= 4 is 34.8 Å². The van der Waals surface area contributed by atoms with Crippen LogP contribution in [0.5, 0.6) is 5.75 Å². The highest BCUT2D eigenvalue weighted by Gasteiger charge is 2.16. The van der Waals surface area contributed by atoms with Gasteiger partial charge < -0.3 is 4.74 Å². The molecule has 0 spiro atoms. The predicted molar refractivity (Wildman–Crippen MR) is 97.9 cm³/mol. The van der Waals surface area contributed by atoms with Crippen molar-refractivity contribution in [2.24, 2.45) is 5.10 Å². The lowest BCUT2D eigenvalue weighted by atomic mass is 10.1. The van der Waals surface area contributed by atoms with Crippen LogP contribution < -0.4 is 10.2 Å². The van der Waals surface area contributed by atoms with Crippen LogP contribution in [0.1, 0.15) is 19.4 Å². The van der Waals surface area contributed by atoms with Gasteiger partial charge in [0.1, 0.15) is 5.75 Å². The minimum Gasteiger partial charge on any atom is -0.479 e. The second-order valence-electron chi connectivity index (χ2n) is 5.32. The monoisotopic (exact) mass is 364 g/mol. The van der Waals surface area contributed by atoms with E-state index in [2.05, 4.69) is 10.5 Å². The first-order valence-electron chi connectivity index (χ1n) is 7.44. The van der Waals surface area contributed by atoms with Crippen LogP contribution in [0.25, 0.3) is 0 Å². The van der Waals surface area contributed by atoms with E-state index in [0.29, 0.717) is 22.2 Å². The van der Waals surface area contributed by atoms with E-state index in [1.807, 2.05) is 37.3 Å². The topological polar surface area (TPSA) is 50.7 Å². The maximum atomic E-state index is 12.1. The fraction of sp³-hybridized carbons (Fsp3) is 0.222. The molecule has 1 N–H and O–H groups in total. The second kappa shape index (κ2) is 8.71. The van der Waals surface area contributed by atoms with Gasteiger partial charge >= 0.3 is 0 Å². The first-order valence-corrected chi connectivity index (χ1v) is 8.20. The number of carbonyl (C=O) groups is 1. The van der Waals surface area contributed by atoms with E-state index in [9.17, 15) is 4.79 Å². The Bertz CT molecular complexity index is 733. The Labute approximate surface area is 151 Å². The summed E-state index contributed by atoms with van der Waals surface area (Å²) in [5.74, 6) is 0.0436. The van der Waals surface area contributed by atoms with Crippen molar-refractivity contribution in [3.63, 3.8) is 0 Å². The number of halogens is 2. The summed E-state index contributed by atoms with van der Waals surface area (Å²) >= 11 is 11.9.